The Morgan fingerprint density at radius 1 is 0.903 bits per heavy atom. The second-order valence-electron chi connectivity index (χ2n) is 8.66. The number of nitrogens with one attached hydrogen (secondary N) is 1. The molecule has 0 aromatic heterocycles. The van der Waals surface area contributed by atoms with Crippen molar-refractivity contribution in [2.45, 2.75) is 57.9 Å². The minimum absolute atomic E-state index is 0.487. The maximum Gasteiger partial charge on any atom is 0.119 e. The first-order valence-electron chi connectivity index (χ1n) is 12.1. The number of aryl methyl sites for hydroxylation is 1. The van der Waals surface area contributed by atoms with Crippen LogP contribution in [0.1, 0.15) is 50.2 Å². The van der Waals surface area contributed by atoms with Crippen molar-refractivity contribution >= 4 is 0 Å². The van der Waals surface area contributed by atoms with Crippen molar-refractivity contribution in [1.82, 2.24) is 10.2 Å². The van der Waals surface area contributed by atoms with Crippen molar-refractivity contribution < 1.29 is 9.47 Å². The molecular formula is C27H40N2O2. The van der Waals surface area contributed by atoms with Gasteiger partial charge in [0.15, 0.2) is 0 Å². The Kier molecular flexibility index (Phi) is 10.2. The zero-order valence-corrected chi connectivity index (χ0v) is 19.4. The molecule has 1 fully saturated rings. The van der Waals surface area contributed by atoms with Crippen molar-refractivity contribution in [2.24, 2.45) is 0 Å². The predicted octanol–water partition coefficient (Wildman–Crippen LogP) is 5.10. The summed E-state index contributed by atoms with van der Waals surface area (Å²) in [4.78, 5) is 2.61. The molecule has 4 heteroatoms. The smallest absolute Gasteiger partial charge is 0.119 e. The molecule has 1 aliphatic heterocycles. The molecule has 2 aromatic rings. The fraction of sp³-hybridized carbons (Fsp3) is 0.556. The number of nitrogens with zero attached hydrogens (tertiary/aromatic N) is 1. The number of benzene rings is 2. The van der Waals surface area contributed by atoms with Crippen LogP contribution < -0.4 is 14.8 Å². The lowest BCUT2D eigenvalue weighted by Gasteiger charge is -2.25. The third-order valence-electron chi connectivity index (χ3n) is 6.08. The van der Waals surface area contributed by atoms with E-state index in [-0.39, 0.29) is 0 Å². The quantitative estimate of drug-likeness (QED) is 0.428. The highest BCUT2D eigenvalue weighted by atomic mass is 16.5. The summed E-state index contributed by atoms with van der Waals surface area (Å²) in [5.74, 6) is 1.76. The van der Waals surface area contributed by atoms with Gasteiger partial charge >= 0.3 is 0 Å². The first kappa shape index (κ1) is 23.6. The Labute approximate surface area is 188 Å². The van der Waals surface area contributed by atoms with E-state index in [4.69, 9.17) is 9.47 Å². The van der Waals surface area contributed by atoms with Crippen LogP contribution in [0.2, 0.25) is 0 Å². The number of hydrogen-bond donors (Lipinski definition) is 1. The van der Waals surface area contributed by atoms with Crippen molar-refractivity contribution in [3.05, 3.63) is 59.7 Å². The number of rotatable bonds is 14. The standard InChI is InChI=1S/C27H40N2O2/c1-3-4-8-23-9-11-24(12-10-23)21-25(22-29-18-5-6-19-29)28-17-7-20-31-27-15-13-26(30-2)14-16-27/h9-16,25,28H,3-8,17-22H2,1-2H3. The molecule has 170 valence electrons. The average molecular weight is 425 g/mol. The Balaban J connectivity index is 1.44. The summed E-state index contributed by atoms with van der Waals surface area (Å²) in [6.07, 6.45) is 8.49. The largest absolute Gasteiger partial charge is 0.497 e. The normalized spacial score (nSPS) is 15.2. The van der Waals surface area contributed by atoms with Gasteiger partial charge in [-0.3, -0.25) is 0 Å². The zero-order chi connectivity index (χ0) is 21.7. The van der Waals surface area contributed by atoms with E-state index in [1.807, 2.05) is 24.3 Å². The Morgan fingerprint density at radius 2 is 1.58 bits per heavy atom. The van der Waals surface area contributed by atoms with E-state index >= 15 is 0 Å². The van der Waals surface area contributed by atoms with Gasteiger partial charge in [-0.1, -0.05) is 37.6 Å². The number of methoxy groups -OCH3 is 1. The minimum atomic E-state index is 0.487. The van der Waals surface area contributed by atoms with Gasteiger partial charge in [0.05, 0.1) is 13.7 Å². The molecule has 0 saturated carbocycles. The molecule has 1 saturated heterocycles. The molecule has 0 spiro atoms. The van der Waals surface area contributed by atoms with Crippen LogP contribution in [0.4, 0.5) is 0 Å². The molecule has 1 atom stereocenters. The maximum absolute atomic E-state index is 5.88. The SMILES string of the molecule is CCCCc1ccc(CC(CN2CCCC2)NCCCOc2ccc(OC)cc2)cc1. The fourth-order valence-corrected chi connectivity index (χ4v) is 4.23. The lowest BCUT2D eigenvalue weighted by atomic mass is 10.0. The van der Waals surface area contributed by atoms with Gasteiger partial charge in [0.2, 0.25) is 0 Å². The fourth-order valence-electron chi connectivity index (χ4n) is 4.23. The van der Waals surface area contributed by atoms with E-state index in [2.05, 4.69) is 41.4 Å². The molecule has 1 N–H and O–H groups in total. The van der Waals surface area contributed by atoms with Crippen LogP contribution in [0, 0.1) is 0 Å². The van der Waals surface area contributed by atoms with Crippen LogP contribution >= 0.6 is 0 Å². The lowest BCUT2D eigenvalue weighted by molar-refractivity contribution is 0.274. The van der Waals surface area contributed by atoms with Gasteiger partial charge < -0.3 is 19.7 Å². The topological polar surface area (TPSA) is 33.7 Å². The Bertz CT molecular complexity index is 724. The van der Waals surface area contributed by atoms with E-state index in [1.165, 1.54) is 56.3 Å². The first-order chi connectivity index (χ1) is 15.3. The van der Waals surface area contributed by atoms with Crippen LogP contribution in [0.15, 0.2) is 48.5 Å². The second kappa shape index (κ2) is 13.4. The molecule has 0 bridgehead atoms. The molecule has 0 amide bonds. The van der Waals surface area contributed by atoms with Gasteiger partial charge in [-0.2, -0.15) is 0 Å². The van der Waals surface area contributed by atoms with Crippen molar-refractivity contribution in [2.75, 3.05) is 39.9 Å². The Hall–Kier alpha value is -2.04. The van der Waals surface area contributed by atoms with Crippen molar-refractivity contribution in [3.63, 3.8) is 0 Å². The van der Waals surface area contributed by atoms with E-state index < -0.39 is 0 Å². The van der Waals surface area contributed by atoms with E-state index in [9.17, 15) is 0 Å². The average Bonchev–Trinajstić information content (AvgIpc) is 3.32. The zero-order valence-electron chi connectivity index (χ0n) is 19.4. The molecule has 2 aromatic carbocycles. The van der Waals surface area contributed by atoms with Crippen LogP contribution in [0.3, 0.4) is 0 Å². The van der Waals surface area contributed by atoms with Gasteiger partial charge in [0.1, 0.15) is 11.5 Å². The molecule has 3 rings (SSSR count). The molecule has 31 heavy (non-hydrogen) atoms. The second-order valence-corrected chi connectivity index (χ2v) is 8.66. The summed E-state index contributed by atoms with van der Waals surface area (Å²) in [6.45, 7) is 7.58. The molecule has 1 heterocycles. The lowest BCUT2D eigenvalue weighted by Crippen LogP contribution is -2.42. The number of hydrogen-bond acceptors (Lipinski definition) is 4. The Morgan fingerprint density at radius 3 is 2.26 bits per heavy atom. The van der Waals surface area contributed by atoms with Gasteiger partial charge in [-0.25, -0.2) is 0 Å². The number of unbranched alkanes of at least 4 members (excludes halogenated alkanes) is 1. The highest BCUT2D eigenvalue weighted by molar-refractivity contribution is 5.31. The monoisotopic (exact) mass is 424 g/mol. The third kappa shape index (κ3) is 8.54. The molecule has 1 aliphatic rings. The van der Waals surface area contributed by atoms with E-state index in [0.717, 1.165) is 44.0 Å². The van der Waals surface area contributed by atoms with Crippen LogP contribution in [-0.2, 0) is 12.8 Å². The predicted molar refractivity (Wildman–Crippen MR) is 129 cm³/mol. The first-order valence-corrected chi connectivity index (χ1v) is 12.1. The molecule has 4 nitrogen and oxygen atoms in total. The summed E-state index contributed by atoms with van der Waals surface area (Å²) >= 11 is 0. The van der Waals surface area contributed by atoms with E-state index in [1.54, 1.807) is 7.11 Å². The highest BCUT2D eigenvalue weighted by Gasteiger charge is 2.17. The molecule has 0 aliphatic carbocycles. The van der Waals surface area contributed by atoms with Gasteiger partial charge in [-0.05, 0) is 93.6 Å². The van der Waals surface area contributed by atoms with Crippen LogP contribution in [0.25, 0.3) is 0 Å². The number of ether oxygens (including phenoxy) is 2. The van der Waals surface area contributed by atoms with Crippen molar-refractivity contribution in [3.8, 4) is 11.5 Å². The van der Waals surface area contributed by atoms with Crippen molar-refractivity contribution in [1.29, 1.82) is 0 Å². The number of likely N-dealkylation sites (tertiary alicyclic amines) is 1. The minimum Gasteiger partial charge on any atom is -0.497 e. The maximum atomic E-state index is 5.88. The summed E-state index contributed by atoms with van der Waals surface area (Å²) < 4.78 is 11.1. The van der Waals surface area contributed by atoms with Crippen LogP contribution in [-0.4, -0.2) is 50.8 Å². The summed E-state index contributed by atoms with van der Waals surface area (Å²) in [5, 5.41) is 3.81. The van der Waals surface area contributed by atoms with Gasteiger partial charge in [0.25, 0.3) is 0 Å². The van der Waals surface area contributed by atoms with Crippen LogP contribution in [0.5, 0.6) is 11.5 Å². The molecule has 0 radical (unpaired) electrons. The molecular weight excluding hydrogens is 384 g/mol. The highest BCUT2D eigenvalue weighted by Crippen LogP contribution is 2.17. The molecule has 1 unspecified atom stereocenters. The third-order valence-corrected chi connectivity index (χ3v) is 6.08. The van der Waals surface area contributed by atoms with Gasteiger partial charge in [0, 0.05) is 12.6 Å². The summed E-state index contributed by atoms with van der Waals surface area (Å²) in [5.41, 5.74) is 2.90. The van der Waals surface area contributed by atoms with Gasteiger partial charge in [-0.15, -0.1) is 0 Å². The summed E-state index contributed by atoms with van der Waals surface area (Å²) in [7, 11) is 1.68. The summed E-state index contributed by atoms with van der Waals surface area (Å²) in [6, 6.07) is 17.6. The van der Waals surface area contributed by atoms with E-state index in [0.29, 0.717) is 6.04 Å².